The molecule has 0 heterocycles. The summed E-state index contributed by atoms with van der Waals surface area (Å²) in [6.07, 6.45) is 0. The second-order valence-electron chi connectivity index (χ2n) is 2.68. The lowest BCUT2D eigenvalue weighted by Crippen LogP contribution is -2.04. The highest BCUT2D eigenvalue weighted by atomic mass is 19.3. The zero-order valence-electron chi connectivity index (χ0n) is 7.54. The molecular formula is C8H6F3NO3. The molecule has 0 N–H and O–H groups in total. The van der Waals surface area contributed by atoms with Crippen LogP contribution in [0.3, 0.4) is 0 Å². The lowest BCUT2D eigenvalue weighted by atomic mass is 10.2. The third-order valence-electron chi connectivity index (χ3n) is 1.71. The van der Waals surface area contributed by atoms with Gasteiger partial charge in [-0.15, -0.1) is 0 Å². The van der Waals surface area contributed by atoms with Gasteiger partial charge in [0.25, 0.3) is 5.69 Å². The minimum absolute atomic E-state index is 0.221. The van der Waals surface area contributed by atoms with Gasteiger partial charge in [0.1, 0.15) is 11.6 Å². The predicted molar refractivity (Wildman–Crippen MR) is 44.4 cm³/mol. The molecule has 0 spiro atoms. The van der Waals surface area contributed by atoms with E-state index in [1.54, 1.807) is 0 Å². The van der Waals surface area contributed by atoms with E-state index in [1.807, 2.05) is 0 Å². The third kappa shape index (κ3) is 2.58. The number of ether oxygens (including phenoxy) is 1. The third-order valence-corrected chi connectivity index (χ3v) is 1.71. The molecule has 7 heteroatoms. The molecule has 0 aromatic heterocycles. The number of benzene rings is 1. The molecule has 1 rings (SSSR count). The van der Waals surface area contributed by atoms with Crippen molar-refractivity contribution in [3.05, 3.63) is 33.6 Å². The Labute approximate surface area is 82.4 Å². The fourth-order valence-electron chi connectivity index (χ4n) is 1.00. The second kappa shape index (κ2) is 4.16. The van der Waals surface area contributed by atoms with Crippen LogP contribution in [0.5, 0.6) is 5.75 Å². The van der Waals surface area contributed by atoms with Gasteiger partial charge in [-0.2, -0.15) is 8.78 Å². The lowest BCUT2D eigenvalue weighted by molar-refractivity contribution is -0.385. The number of nitro groups is 1. The van der Waals surface area contributed by atoms with Gasteiger partial charge in [0.15, 0.2) is 0 Å². The first-order valence-corrected chi connectivity index (χ1v) is 3.81. The first kappa shape index (κ1) is 11.3. The monoisotopic (exact) mass is 221 g/mol. The largest absolute Gasteiger partial charge is 0.434 e. The van der Waals surface area contributed by atoms with Gasteiger partial charge in [0.2, 0.25) is 0 Å². The standard InChI is InChI=1S/C8H6F3NO3/c1-4-6(9)2-5(15-8(10)11)3-7(4)12(13)14/h2-3,8H,1H3. The number of alkyl halides is 2. The summed E-state index contributed by atoms with van der Waals surface area (Å²) < 4.78 is 40.4. The Morgan fingerprint density at radius 3 is 2.53 bits per heavy atom. The number of nitrogens with zero attached hydrogens (tertiary/aromatic N) is 1. The molecule has 82 valence electrons. The number of nitro benzene ring substituents is 1. The van der Waals surface area contributed by atoms with E-state index in [4.69, 9.17) is 0 Å². The van der Waals surface area contributed by atoms with E-state index in [0.717, 1.165) is 6.07 Å². The van der Waals surface area contributed by atoms with E-state index in [-0.39, 0.29) is 5.56 Å². The molecule has 0 amide bonds. The van der Waals surface area contributed by atoms with Crippen LogP contribution in [-0.4, -0.2) is 11.5 Å². The van der Waals surface area contributed by atoms with Crippen LogP contribution in [0.1, 0.15) is 5.56 Å². The van der Waals surface area contributed by atoms with Crippen molar-refractivity contribution >= 4 is 5.69 Å². The normalized spacial score (nSPS) is 10.5. The van der Waals surface area contributed by atoms with Gasteiger partial charge in [-0.25, -0.2) is 4.39 Å². The number of hydrogen-bond acceptors (Lipinski definition) is 3. The quantitative estimate of drug-likeness (QED) is 0.582. The molecule has 0 aliphatic carbocycles. The van der Waals surface area contributed by atoms with Crippen LogP contribution in [0, 0.1) is 22.9 Å². The SMILES string of the molecule is Cc1c(F)cc(OC(F)F)cc1[N+](=O)[O-]. The number of hydrogen-bond donors (Lipinski definition) is 0. The average Bonchev–Trinajstić information content (AvgIpc) is 2.09. The van der Waals surface area contributed by atoms with Crippen molar-refractivity contribution in [1.82, 2.24) is 0 Å². The van der Waals surface area contributed by atoms with E-state index >= 15 is 0 Å². The molecule has 1 aromatic carbocycles. The summed E-state index contributed by atoms with van der Waals surface area (Å²) in [4.78, 5) is 9.54. The lowest BCUT2D eigenvalue weighted by Gasteiger charge is -2.05. The van der Waals surface area contributed by atoms with Gasteiger partial charge in [0.05, 0.1) is 16.6 Å². The summed E-state index contributed by atoms with van der Waals surface area (Å²) in [7, 11) is 0. The minimum Gasteiger partial charge on any atom is -0.434 e. The van der Waals surface area contributed by atoms with Crippen molar-refractivity contribution in [2.24, 2.45) is 0 Å². The predicted octanol–water partition coefficient (Wildman–Crippen LogP) is 2.64. The van der Waals surface area contributed by atoms with Crippen molar-refractivity contribution in [1.29, 1.82) is 0 Å². The van der Waals surface area contributed by atoms with Crippen LogP contribution >= 0.6 is 0 Å². The molecule has 0 saturated heterocycles. The molecule has 0 unspecified atom stereocenters. The van der Waals surface area contributed by atoms with Gasteiger partial charge < -0.3 is 4.74 Å². The number of halogens is 3. The van der Waals surface area contributed by atoms with Gasteiger partial charge in [-0.1, -0.05) is 0 Å². The maximum absolute atomic E-state index is 13.0. The Morgan fingerprint density at radius 2 is 2.07 bits per heavy atom. The fourth-order valence-corrected chi connectivity index (χ4v) is 1.00. The first-order chi connectivity index (χ1) is 6.91. The molecular weight excluding hydrogens is 215 g/mol. The Morgan fingerprint density at radius 1 is 1.47 bits per heavy atom. The van der Waals surface area contributed by atoms with E-state index in [9.17, 15) is 23.3 Å². The fraction of sp³-hybridized carbons (Fsp3) is 0.250. The number of rotatable bonds is 3. The summed E-state index contributed by atoms with van der Waals surface area (Å²) in [5.74, 6) is -1.53. The average molecular weight is 221 g/mol. The highest BCUT2D eigenvalue weighted by Gasteiger charge is 2.18. The highest BCUT2D eigenvalue weighted by molar-refractivity contribution is 5.46. The van der Waals surface area contributed by atoms with Gasteiger partial charge in [-0.05, 0) is 6.92 Å². The van der Waals surface area contributed by atoms with Gasteiger partial charge in [-0.3, -0.25) is 10.1 Å². The first-order valence-electron chi connectivity index (χ1n) is 3.81. The molecule has 15 heavy (non-hydrogen) atoms. The molecule has 0 radical (unpaired) electrons. The Hall–Kier alpha value is -1.79. The van der Waals surface area contributed by atoms with E-state index in [2.05, 4.69) is 4.74 Å². The Kier molecular flexibility index (Phi) is 3.13. The molecule has 0 fully saturated rings. The molecule has 0 aliphatic rings. The van der Waals surface area contributed by atoms with Crippen LogP contribution < -0.4 is 4.74 Å². The molecule has 0 aliphatic heterocycles. The summed E-state index contributed by atoms with van der Waals surface area (Å²) in [5.41, 5.74) is -0.813. The minimum atomic E-state index is -3.15. The van der Waals surface area contributed by atoms with Crippen LogP contribution in [0.15, 0.2) is 12.1 Å². The molecule has 4 nitrogen and oxygen atoms in total. The van der Waals surface area contributed by atoms with Gasteiger partial charge in [0, 0.05) is 6.07 Å². The van der Waals surface area contributed by atoms with Crippen molar-refractivity contribution in [2.75, 3.05) is 0 Å². The van der Waals surface area contributed by atoms with Crippen LogP contribution in [0.4, 0.5) is 18.9 Å². The van der Waals surface area contributed by atoms with Crippen molar-refractivity contribution < 1.29 is 22.8 Å². The maximum atomic E-state index is 13.0. The summed E-state index contributed by atoms with van der Waals surface area (Å²) in [6.45, 7) is -1.97. The summed E-state index contributed by atoms with van der Waals surface area (Å²) in [5, 5.41) is 10.4. The maximum Gasteiger partial charge on any atom is 0.387 e. The topological polar surface area (TPSA) is 52.4 Å². The van der Waals surface area contributed by atoms with Crippen LogP contribution in [-0.2, 0) is 0 Å². The Bertz CT molecular complexity index is 395. The molecule has 1 aromatic rings. The van der Waals surface area contributed by atoms with Crippen molar-refractivity contribution in [3.63, 3.8) is 0 Å². The second-order valence-corrected chi connectivity index (χ2v) is 2.68. The summed E-state index contributed by atoms with van der Waals surface area (Å²) >= 11 is 0. The highest BCUT2D eigenvalue weighted by Crippen LogP contribution is 2.27. The van der Waals surface area contributed by atoms with Crippen LogP contribution in [0.25, 0.3) is 0 Å². The smallest absolute Gasteiger partial charge is 0.387 e. The molecule has 0 saturated carbocycles. The Balaban J connectivity index is 3.17. The zero-order valence-corrected chi connectivity index (χ0v) is 7.54. The van der Waals surface area contributed by atoms with E-state index in [1.165, 1.54) is 6.92 Å². The summed E-state index contributed by atoms with van der Waals surface area (Å²) in [6, 6.07) is 1.43. The van der Waals surface area contributed by atoms with Gasteiger partial charge >= 0.3 is 6.61 Å². The van der Waals surface area contributed by atoms with Crippen LogP contribution in [0.2, 0.25) is 0 Å². The molecule has 0 atom stereocenters. The zero-order chi connectivity index (χ0) is 11.6. The van der Waals surface area contributed by atoms with E-state index in [0.29, 0.717) is 6.07 Å². The molecule has 0 bridgehead atoms. The van der Waals surface area contributed by atoms with E-state index < -0.39 is 28.8 Å². The van der Waals surface area contributed by atoms with Crippen molar-refractivity contribution in [3.8, 4) is 5.75 Å². The van der Waals surface area contributed by atoms with Crippen molar-refractivity contribution in [2.45, 2.75) is 13.5 Å².